The average Bonchev–Trinajstić information content (AvgIpc) is 2.76. The topological polar surface area (TPSA) is 63.8 Å². The molecule has 2 heterocycles. The van der Waals surface area contributed by atoms with E-state index in [1.54, 1.807) is 18.3 Å². The van der Waals surface area contributed by atoms with Crippen LogP contribution in [0.4, 0.5) is 0 Å². The molecule has 0 spiro atoms. The molecule has 0 saturated carbocycles. The highest BCUT2D eigenvalue weighted by molar-refractivity contribution is 6.30. The number of pyridine rings is 1. The van der Waals surface area contributed by atoms with Crippen LogP contribution in [-0.2, 0) is 6.54 Å². The molecule has 0 saturated heterocycles. The molecule has 5 nitrogen and oxygen atoms in total. The molecule has 0 aromatic carbocycles. The Bertz CT molecular complexity index is 454. The van der Waals surface area contributed by atoms with E-state index in [1.165, 1.54) is 0 Å². The maximum atomic E-state index is 5.74. The maximum absolute atomic E-state index is 5.74. The molecule has 2 aromatic heterocycles. The van der Waals surface area contributed by atoms with E-state index in [0.29, 0.717) is 29.0 Å². The first-order valence-electron chi connectivity index (χ1n) is 4.95. The van der Waals surface area contributed by atoms with Gasteiger partial charge in [-0.25, -0.2) is 0 Å². The molecule has 0 bridgehead atoms. The summed E-state index contributed by atoms with van der Waals surface area (Å²) in [5, 5.41) is 7.52. The summed E-state index contributed by atoms with van der Waals surface area (Å²) >= 11 is 5.74. The summed E-state index contributed by atoms with van der Waals surface area (Å²) in [5.41, 5.74) is 0.649. The van der Waals surface area contributed by atoms with Gasteiger partial charge in [-0.05, 0) is 18.7 Å². The SMILES string of the molecule is CCNCc1nc(-c2ccc(Cl)cn2)no1. The minimum absolute atomic E-state index is 0.476. The Kier molecular flexibility index (Phi) is 3.48. The van der Waals surface area contributed by atoms with Crippen LogP contribution >= 0.6 is 11.6 Å². The van der Waals surface area contributed by atoms with Crippen molar-refractivity contribution in [3.8, 4) is 11.5 Å². The van der Waals surface area contributed by atoms with E-state index in [9.17, 15) is 0 Å². The highest BCUT2D eigenvalue weighted by Gasteiger charge is 2.08. The quantitative estimate of drug-likeness (QED) is 0.881. The normalized spacial score (nSPS) is 10.6. The third-order valence-electron chi connectivity index (χ3n) is 1.95. The number of nitrogens with one attached hydrogen (secondary N) is 1. The zero-order valence-electron chi connectivity index (χ0n) is 8.77. The smallest absolute Gasteiger partial charge is 0.240 e. The Morgan fingerprint density at radius 1 is 1.44 bits per heavy atom. The number of aromatic nitrogens is 3. The van der Waals surface area contributed by atoms with Crippen molar-refractivity contribution >= 4 is 11.6 Å². The Labute approximate surface area is 97.8 Å². The second-order valence-corrected chi connectivity index (χ2v) is 3.59. The average molecular weight is 239 g/mol. The minimum atomic E-state index is 0.476. The van der Waals surface area contributed by atoms with Crippen molar-refractivity contribution in [2.45, 2.75) is 13.5 Å². The number of hydrogen-bond donors (Lipinski definition) is 1. The minimum Gasteiger partial charge on any atom is -0.337 e. The van der Waals surface area contributed by atoms with Crippen molar-refractivity contribution in [3.05, 3.63) is 29.2 Å². The van der Waals surface area contributed by atoms with Gasteiger partial charge in [-0.3, -0.25) is 4.98 Å². The monoisotopic (exact) mass is 238 g/mol. The number of rotatable bonds is 4. The zero-order valence-corrected chi connectivity index (χ0v) is 9.53. The lowest BCUT2D eigenvalue weighted by atomic mass is 10.3. The molecule has 0 aliphatic heterocycles. The fraction of sp³-hybridized carbons (Fsp3) is 0.300. The van der Waals surface area contributed by atoms with Crippen LogP contribution in [0, 0.1) is 0 Å². The van der Waals surface area contributed by atoms with Gasteiger partial charge >= 0.3 is 0 Å². The van der Waals surface area contributed by atoms with Gasteiger partial charge in [0.05, 0.1) is 11.6 Å². The van der Waals surface area contributed by atoms with Gasteiger partial charge in [0.1, 0.15) is 5.69 Å². The van der Waals surface area contributed by atoms with E-state index >= 15 is 0 Å². The standard InChI is InChI=1S/C10H11ClN4O/c1-2-12-6-9-14-10(15-16-9)8-4-3-7(11)5-13-8/h3-5,12H,2,6H2,1H3. The zero-order chi connectivity index (χ0) is 11.4. The summed E-state index contributed by atoms with van der Waals surface area (Å²) in [4.78, 5) is 8.31. The van der Waals surface area contributed by atoms with E-state index in [2.05, 4.69) is 20.4 Å². The van der Waals surface area contributed by atoms with E-state index in [-0.39, 0.29) is 0 Å². The molecule has 0 aliphatic carbocycles. The molecule has 16 heavy (non-hydrogen) atoms. The largest absolute Gasteiger partial charge is 0.337 e. The van der Waals surface area contributed by atoms with E-state index in [0.717, 1.165) is 6.54 Å². The molecule has 84 valence electrons. The van der Waals surface area contributed by atoms with Crippen molar-refractivity contribution < 1.29 is 4.52 Å². The number of halogens is 1. The predicted molar refractivity (Wildman–Crippen MR) is 59.9 cm³/mol. The summed E-state index contributed by atoms with van der Waals surface area (Å²) in [5.74, 6) is 1.03. The Hall–Kier alpha value is -1.46. The lowest BCUT2D eigenvalue weighted by Gasteiger charge is -1.93. The summed E-state index contributed by atoms with van der Waals surface area (Å²) < 4.78 is 5.05. The van der Waals surface area contributed by atoms with Crippen molar-refractivity contribution in [2.75, 3.05) is 6.54 Å². The third kappa shape index (κ3) is 2.56. The summed E-state index contributed by atoms with van der Waals surface area (Å²) in [6.07, 6.45) is 1.55. The summed E-state index contributed by atoms with van der Waals surface area (Å²) in [6, 6.07) is 3.49. The molecule has 0 fully saturated rings. The molecular formula is C10H11ClN4O. The van der Waals surface area contributed by atoms with E-state index in [4.69, 9.17) is 16.1 Å². The number of hydrogen-bond acceptors (Lipinski definition) is 5. The number of nitrogens with zero attached hydrogens (tertiary/aromatic N) is 3. The maximum Gasteiger partial charge on any atom is 0.240 e. The molecular weight excluding hydrogens is 228 g/mol. The second kappa shape index (κ2) is 5.05. The molecule has 0 unspecified atom stereocenters. The highest BCUT2D eigenvalue weighted by atomic mass is 35.5. The molecule has 2 rings (SSSR count). The van der Waals surface area contributed by atoms with Crippen LogP contribution in [0.2, 0.25) is 5.02 Å². The molecule has 2 aromatic rings. The van der Waals surface area contributed by atoms with Gasteiger partial charge in [0.15, 0.2) is 0 Å². The van der Waals surface area contributed by atoms with Gasteiger partial charge < -0.3 is 9.84 Å². The lowest BCUT2D eigenvalue weighted by Crippen LogP contribution is -2.11. The summed E-state index contributed by atoms with van der Waals surface area (Å²) in [6.45, 7) is 3.44. The van der Waals surface area contributed by atoms with Crippen LogP contribution in [-0.4, -0.2) is 21.7 Å². The Morgan fingerprint density at radius 2 is 2.31 bits per heavy atom. The first-order chi connectivity index (χ1) is 7.79. The molecule has 0 atom stereocenters. The first kappa shape index (κ1) is 11.0. The van der Waals surface area contributed by atoms with Crippen molar-refractivity contribution in [1.29, 1.82) is 0 Å². The predicted octanol–water partition coefficient (Wildman–Crippen LogP) is 1.89. The van der Waals surface area contributed by atoms with Gasteiger partial charge in [0.25, 0.3) is 0 Å². The van der Waals surface area contributed by atoms with Gasteiger partial charge in [0.2, 0.25) is 11.7 Å². The van der Waals surface area contributed by atoms with Gasteiger partial charge in [-0.2, -0.15) is 4.98 Å². The van der Waals surface area contributed by atoms with Crippen LogP contribution in [0.15, 0.2) is 22.9 Å². The molecule has 0 aliphatic rings. The third-order valence-corrected chi connectivity index (χ3v) is 2.17. The Morgan fingerprint density at radius 3 is 3.00 bits per heavy atom. The first-order valence-corrected chi connectivity index (χ1v) is 5.32. The van der Waals surface area contributed by atoms with Gasteiger partial charge in [-0.1, -0.05) is 23.7 Å². The van der Waals surface area contributed by atoms with Crippen LogP contribution < -0.4 is 5.32 Å². The van der Waals surface area contributed by atoms with Crippen LogP contribution in [0.3, 0.4) is 0 Å². The van der Waals surface area contributed by atoms with Crippen LogP contribution in [0.1, 0.15) is 12.8 Å². The molecule has 6 heteroatoms. The fourth-order valence-corrected chi connectivity index (χ4v) is 1.28. The second-order valence-electron chi connectivity index (χ2n) is 3.15. The van der Waals surface area contributed by atoms with Gasteiger partial charge in [-0.15, -0.1) is 0 Å². The van der Waals surface area contributed by atoms with E-state index in [1.807, 2.05) is 6.92 Å². The molecule has 0 amide bonds. The van der Waals surface area contributed by atoms with Crippen LogP contribution in [0.5, 0.6) is 0 Å². The molecule has 0 radical (unpaired) electrons. The van der Waals surface area contributed by atoms with E-state index < -0.39 is 0 Å². The summed E-state index contributed by atoms with van der Waals surface area (Å²) in [7, 11) is 0. The van der Waals surface area contributed by atoms with Crippen LogP contribution in [0.25, 0.3) is 11.5 Å². The van der Waals surface area contributed by atoms with Crippen molar-refractivity contribution in [2.24, 2.45) is 0 Å². The molecule has 1 N–H and O–H groups in total. The fourth-order valence-electron chi connectivity index (χ4n) is 1.17. The van der Waals surface area contributed by atoms with Crippen molar-refractivity contribution in [1.82, 2.24) is 20.4 Å². The van der Waals surface area contributed by atoms with Gasteiger partial charge in [0, 0.05) is 6.20 Å². The Balaban J connectivity index is 2.15. The van der Waals surface area contributed by atoms with Crippen molar-refractivity contribution in [3.63, 3.8) is 0 Å². The lowest BCUT2D eigenvalue weighted by molar-refractivity contribution is 0.369. The highest BCUT2D eigenvalue weighted by Crippen LogP contribution is 2.15.